The van der Waals surface area contributed by atoms with Crippen LogP contribution >= 0.6 is 0 Å². The molecule has 0 radical (unpaired) electrons. The van der Waals surface area contributed by atoms with Crippen LogP contribution in [0, 0.1) is 5.41 Å². The van der Waals surface area contributed by atoms with E-state index in [4.69, 9.17) is 4.74 Å². The number of nitrogens with zero attached hydrogens (tertiary/aromatic N) is 2. The highest BCUT2D eigenvalue weighted by Gasteiger charge is 2.41. The second kappa shape index (κ2) is 6.29. The molecular formula is C18H26N2O2. The quantitative estimate of drug-likeness (QED) is 0.858. The van der Waals surface area contributed by atoms with Crippen molar-refractivity contribution in [3.8, 4) is 5.75 Å². The molecule has 2 saturated heterocycles. The maximum atomic E-state index is 12.6. The summed E-state index contributed by atoms with van der Waals surface area (Å²) in [6.45, 7) is 4.20. The first kappa shape index (κ1) is 15.3. The number of likely N-dealkylation sites (tertiary alicyclic amines) is 2. The van der Waals surface area contributed by atoms with Gasteiger partial charge in [-0.3, -0.25) is 4.79 Å². The van der Waals surface area contributed by atoms with Gasteiger partial charge in [0.05, 0.1) is 13.5 Å². The maximum absolute atomic E-state index is 12.6. The van der Waals surface area contributed by atoms with E-state index >= 15 is 0 Å². The third-order valence-corrected chi connectivity index (χ3v) is 5.33. The highest BCUT2D eigenvalue weighted by atomic mass is 16.5. The zero-order chi connectivity index (χ0) is 15.6. The molecule has 1 amide bonds. The molecule has 120 valence electrons. The third kappa shape index (κ3) is 3.27. The van der Waals surface area contributed by atoms with E-state index in [0.717, 1.165) is 37.5 Å². The highest BCUT2D eigenvalue weighted by Crippen LogP contribution is 2.40. The molecular weight excluding hydrogens is 276 g/mol. The van der Waals surface area contributed by atoms with Crippen molar-refractivity contribution in [2.24, 2.45) is 5.41 Å². The Morgan fingerprint density at radius 3 is 2.68 bits per heavy atom. The van der Waals surface area contributed by atoms with Gasteiger partial charge in [-0.05, 0) is 62.5 Å². The monoisotopic (exact) mass is 302 g/mol. The van der Waals surface area contributed by atoms with E-state index in [-0.39, 0.29) is 5.91 Å². The largest absolute Gasteiger partial charge is 0.497 e. The number of carbonyl (C=O) groups excluding carboxylic acids is 1. The van der Waals surface area contributed by atoms with Gasteiger partial charge >= 0.3 is 0 Å². The average molecular weight is 302 g/mol. The fourth-order valence-corrected chi connectivity index (χ4v) is 3.72. The first-order valence-corrected chi connectivity index (χ1v) is 8.19. The summed E-state index contributed by atoms with van der Waals surface area (Å²) in [6, 6.07) is 7.82. The van der Waals surface area contributed by atoms with Gasteiger partial charge in [0, 0.05) is 13.1 Å². The first-order valence-electron chi connectivity index (χ1n) is 8.19. The molecule has 0 unspecified atom stereocenters. The predicted octanol–water partition coefficient (Wildman–Crippen LogP) is 2.18. The molecule has 22 heavy (non-hydrogen) atoms. The summed E-state index contributed by atoms with van der Waals surface area (Å²) in [7, 11) is 3.85. The third-order valence-electron chi connectivity index (χ3n) is 5.33. The average Bonchev–Trinajstić information content (AvgIpc) is 2.95. The summed E-state index contributed by atoms with van der Waals surface area (Å²) in [5.74, 6) is 1.07. The number of hydrogen-bond donors (Lipinski definition) is 0. The smallest absolute Gasteiger partial charge is 0.227 e. The Morgan fingerprint density at radius 1 is 1.23 bits per heavy atom. The van der Waals surface area contributed by atoms with E-state index in [2.05, 4.69) is 16.8 Å². The van der Waals surface area contributed by atoms with Gasteiger partial charge in [-0.15, -0.1) is 0 Å². The van der Waals surface area contributed by atoms with Gasteiger partial charge in [0.25, 0.3) is 0 Å². The zero-order valence-electron chi connectivity index (χ0n) is 13.7. The minimum Gasteiger partial charge on any atom is -0.497 e. The Kier molecular flexibility index (Phi) is 4.39. The van der Waals surface area contributed by atoms with Gasteiger partial charge in [-0.2, -0.15) is 0 Å². The molecule has 1 aromatic carbocycles. The second-order valence-electron chi connectivity index (χ2n) is 6.90. The van der Waals surface area contributed by atoms with Crippen molar-refractivity contribution in [2.45, 2.75) is 25.7 Å². The lowest BCUT2D eigenvalue weighted by molar-refractivity contribution is -0.130. The lowest BCUT2D eigenvalue weighted by Gasteiger charge is -2.37. The number of methoxy groups -OCH3 is 1. The minimum absolute atomic E-state index is 0.254. The van der Waals surface area contributed by atoms with Gasteiger partial charge in [0.2, 0.25) is 5.91 Å². The number of ether oxygens (including phenoxy) is 1. The van der Waals surface area contributed by atoms with Crippen LogP contribution in [-0.4, -0.2) is 56.0 Å². The molecule has 2 heterocycles. The van der Waals surface area contributed by atoms with Crippen LogP contribution in [0.2, 0.25) is 0 Å². The van der Waals surface area contributed by atoms with Crippen LogP contribution in [0.3, 0.4) is 0 Å². The van der Waals surface area contributed by atoms with Crippen molar-refractivity contribution in [1.82, 2.24) is 9.80 Å². The Hall–Kier alpha value is -1.55. The molecule has 2 aliphatic rings. The fourth-order valence-electron chi connectivity index (χ4n) is 3.72. The summed E-state index contributed by atoms with van der Waals surface area (Å²) < 4.78 is 5.23. The van der Waals surface area contributed by atoms with Crippen LogP contribution in [0.4, 0.5) is 0 Å². The Labute approximate surface area is 133 Å². The van der Waals surface area contributed by atoms with Gasteiger partial charge < -0.3 is 14.5 Å². The predicted molar refractivity (Wildman–Crippen MR) is 87.1 cm³/mol. The van der Waals surface area contributed by atoms with Gasteiger partial charge in [0.1, 0.15) is 5.75 Å². The van der Waals surface area contributed by atoms with Gasteiger partial charge in [-0.25, -0.2) is 0 Å². The number of amides is 1. The minimum atomic E-state index is 0.254. The molecule has 0 bridgehead atoms. The number of benzene rings is 1. The summed E-state index contributed by atoms with van der Waals surface area (Å²) in [5, 5.41) is 0. The van der Waals surface area contributed by atoms with Crippen molar-refractivity contribution in [3.05, 3.63) is 29.8 Å². The normalized spacial score (nSPS) is 21.3. The maximum Gasteiger partial charge on any atom is 0.227 e. The van der Waals surface area contributed by atoms with Crippen molar-refractivity contribution >= 4 is 5.91 Å². The number of rotatable bonds is 3. The Morgan fingerprint density at radius 2 is 1.95 bits per heavy atom. The Balaban J connectivity index is 1.59. The molecule has 2 aliphatic heterocycles. The molecule has 4 nitrogen and oxygen atoms in total. The Bertz CT molecular complexity index is 536. The highest BCUT2D eigenvalue weighted by molar-refractivity contribution is 5.79. The lowest BCUT2D eigenvalue weighted by Crippen LogP contribution is -2.40. The molecule has 0 N–H and O–H groups in total. The van der Waals surface area contributed by atoms with Crippen molar-refractivity contribution in [1.29, 1.82) is 0 Å². The van der Waals surface area contributed by atoms with E-state index < -0.39 is 0 Å². The van der Waals surface area contributed by atoms with Crippen molar-refractivity contribution in [2.75, 3.05) is 40.3 Å². The molecule has 4 heteroatoms. The van der Waals surface area contributed by atoms with Gasteiger partial charge in [0.15, 0.2) is 0 Å². The summed E-state index contributed by atoms with van der Waals surface area (Å²) >= 11 is 0. The van der Waals surface area contributed by atoms with Crippen LogP contribution in [-0.2, 0) is 11.2 Å². The van der Waals surface area contributed by atoms with Crippen LogP contribution in [0.25, 0.3) is 0 Å². The standard InChI is InChI=1S/C18H26N2O2/c1-19-9-6-18(7-10-19)8-11-20(14-18)17(21)13-15-4-3-5-16(12-15)22-2/h3-5,12H,6-11,13-14H2,1-2H3. The van der Waals surface area contributed by atoms with Crippen LogP contribution in [0.1, 0.15) is 24.8 Å². The van der Waals surface area contributed by atoms with Crippen LogP contribution in [0.15, 0.2) is 24.3 Å². The topological polar surface area (TPSA) is 32.8 Å². The summed E-state index contributed by atoms with van der Waals surface area (Å²) in [6.07, 6.45) is 4.11. The SMILES string of the molecule is COc1cccc(CC(=O)N2CCC3(CCN(C)CC3)C2)c1. The molecule has 0 atom stereocenters. The number of hydrogen-bond acceptors (Lipinski definition) is 3. The second-order valence-corrected chi connectivity index (χ2v) is 6.90. The molecule has 0 aliphatic carbocycles. The molecule has 3 rings (SSSR count). The van der Waals surface area contributed by atoms with Crippen molar-refractivity contribution in [3.63, 3.8) is 0 Å². The first-order chi connectivity index (χ1) is 10.6. The number of carbonyl (C=O) groups is 1. The van der Waals surface area contributed by atoms with E-state index in [1.807, 2.05) is 24.3 Å². The number of piperidine rings is 1. The molecule has 1 aromatic rings. The molecule has 0 saturated carbocycles. The molecule has 1 spiro atoms. The van der Waals surface area contributed by atoms with Crippen molar-refractivity contribution < 1.29 is 9.53 Å². The summed E-state index contributed by atoms with van der Waals surface area (Å²) in [4.78, 5) is 17.0. The summed E-state index contributed by atoms with van der Waals surface area (Å²) in [5.41, 5.74) is 1.42. The lowest BCUT2D eigenvalue weighted by atomic mass is 9.78. The molecule has 0 aromatic heterocycles. The van der Waals surface area contributed by atoms with Crippen LogP contribution in [0.5, 0.6) is 5.75 Å². The van der Waals surface area contributed by atoms with E-state index in [1.165, 1.54) is 19.3 Å². The van der Waals surface area contributed by atoms with Crippen LogP contribution < -0.4 is 4.74 Å². The fraction of sp³-hybridized carbons (Fsp3) is 0.611. The van der Waals surface area contributed by atoms with E-state index in [0.29, 0.717) is 11.8 Å². The molecule has 2 fully saturated rings. The van der Waals surface area contributed by atoms with E-state index in [9.17, 15) is 4.79 Å². The van der Waals surface area contributed by atoms with Gasteiger partial charge in [-0.1, -0.05) is 12.1 Å². The zero-order valence-corrected chi connectivity index (χ0v) is 13.7. The van der Waals surface area contributed by atoms with E-state index in [1.54, 1.807) is 7.11 Å².